The number of hydrogen-bond donors (Lipinski definition) is 1. The van der Waals surface area contributed by atoms with Gasteiger partial charge in [0.15, 0.2) is 0 Å². The highest BCUT2D eigenvalue weighted by Gasteiger charge is 2.23. The minimum Gasteiger partial charge on any atom is -0.313 e. The van der Waals surface area contributed by atoms with Crippen LogP contribution in [0.25, 0.3) is 0 Å². The molecule has 2 rings (SSSR count). The van der Waals surface area contributed by atoms with Crippen LogP contribution < -0.4 is 5.32 Å². The number of nitrogens with one attached hydrogen (secondary N) is 1. The average Bonchev–Trinajstić information content (AvgIpc) is 2.69. The Morgan fingerprint density at radius 1 is 1.28 bits per heavy atom. The summed E-state index contributed by atoms with van der Waals surface area (Å²) in [6.07, 6.45) is 7.85. The van der Waals surface area contributed by atoms with Crippen LogP contribution >= 0.6 is 0 Å². The first-order chi connectivity index (χ1) is 8.69. The van der Waals surface area contributed by atoms with E-state index in [2.05, 4.69) is 30.8 Å². The van der Waals surface area contributed by atoms with Gasteiger partial charge in [0, 0.05) is 17.3 Å². The van der Waals surface area contributed by atoms with E-state index in [0.717, 1.165) is 6.42 Å². The van der Waals surface area contributed by atoms with Crippen molar-refractivity contribution in [3.05, 3.63) is 17.0 Å². The Bertz CT molecular complexity index is 385. The van der Waals surface area contributed by atoms with Crippen LogP contribution in [0.3, 0.4) is 0 Å². The fourth-order valence-electron chi connectivity index (χ4n) is 3.41. The predicted octanol–water partition coefficient (Wildman–Crippen LogP) is 3.68. The highest BCUT2D eigenvalue weighted by molar-refractivity contribution is 5.28. The van der Waals surface area contributed by atoms with Gasteiger partial charge in [0.05, 0.1) is 11.7 Å². The Balaban J connectivity index is 2.30. The van der Waals surface area contributed by atoms with Crippen molar-refractivity contribution >= 4 is 0 Å². The van der Waals surface area contributed by atoms with E-state index in [9.17, 15) is 0 Å². The van der Waals surface area contributed by atoms with Gasteiger partial charge < -0.3 is 5.32 Å². The summed E-state index contributed by atoms with van der Waals surface area (Å²) in [6, 6.07) is 1.09. The lowest BCUT2D eigenvalue weighted by molar-refractivity contribution is 0.323. The van der Waals surface area contributed by atoms with E-state index in [1.165, 1.54) is 49.1 Å². The highest BCUT2D eigenvalue weighted by atomic mass is 15.3. The van der Waals surface area contributed by atoms with Crippen LogP contribution in [0.2, 0.25) is 0 Å². The zero-order valence-corrected chi connectivity index (χ0v) is 12.3. The maximum absolute atomic E-state index is 4.83. The summed E-state index contributed by atoms with van der Waals surface area (Å²) >= 11 is 0. The van der Waals surface area contributed by atoms with E-state index in [-0.39, 0.29) is 0 Å². The fourth-order valence-corrected chi connectivity index (χ4v) is 3.41. The number of nitrogens with zero attached hydrogens (tertiary/aromatic N) is 2. The van der Waals surface area contributed by atoms with Crippen LogP contribution in [0.15, 0.2) is 0 Å². The third-order valence-corrected chi connectivity index (χ3v) is 4.41. The summed E-state index contributed by atoms with van der Waals surface area (Å²) in [4.78, 5) is 0. The molecular weight excluding hydrogens is 222 g/mol. The van der Waals surface area contributed by atoms with Gasteiger partial charge in [0.2, 0.25) is 0 Å². The van der Waals surface area contributed by atoms with Gasteiger partial charge in [-0.2, -0.15) is 5.10 Å². The number of aryl methyl sites for hydroxylation is 1. The SMILES string of the molecule is CCC(NC)c1c(C)nn(C2CCCCC2)c1C. The van der Waals surface area contributed by atoms with Crippen molar-refractivity contribution in [3.8, 4) is 0 Å². The zero-order valence-electron chi connectivity index (χ0n) is 12.3. The maximum Gasteiger partial charge on any atom is 0.0644 e. The Morgan fingerprint density at radius 2 is 1.94 bits per heavy atom. The molecule has 1 unspecified atom stereocenters. The topological polar surface area (TPSA) is 29.9 Å². The molecule has 0 aliphatic heterocycles. The van der Waals surface area contributed by atoms with Gasteiger partial charge in [0.1, 0.15) is 0 Å². The van der Waals surface area contributed by atoms with Crippen molar-refractivity contribution in [3.63, 3.8) is 0 Å². The molecule has 1 N–H and O–H groups in total. The molecule has 1 aromatic heterocycles. The monoisotopic (exact) mass is 249 g/mol. The summed E-state index contributed by atoms with van der Waals surface area (Å²) in [5.41, 5.74) is 4.01. The Morgan fingerprint density at radius 3 is 2.50 bits per heavy atom. The first-order valence-corrected chi connectivity index (χ1v) is 7.41. The molecule has 18 heavy (non-hydrogen) atoms. The van der Waals surface area contributed by atoms with E-state index in [1.807, 2.05) is 7.05 Å². The Hall–Kier alpha value is -0.830. The molecule has 0 amide bonds. The minimum atomic E-state index is 0.447. The second-order valence-corrected chi connectivity index (χ2v) is 5.57. The first-order valence-electron chi connectivity index (χ1n) is 7.41. The lowest BCUT2D eigenvalue weighted by atomic mass is 9.95. The van der Waals surface area contributed by atoms with Crippen molar-refractivity contribution in [2.24, 2.45) is 0 Å². The summed E-state index contributed by atoms with van der Waals surface area (Å²) in [5, 5.41) is 8.24. The van der Waals surface area contributed by atoms with E-state index >= 15 is 0 Å². The van der Waals surface area contributed by atoms with Gasteiger partial charge in [0.25, 0.3) is 0 Å². The van der Waals surface area contributed by atoms with E-state index in [1.54, 1.807) is 0 Å². The molecule has 1 atom stereocenters. The van der Waals surface area contributed by atoms with Crippen molar-refractivity contribution < 1.29 is 0 Å². The molecule has 3 heteroatoms. The number of hydrogen-bond acceptors (Lipinski definition) is 2. The summed E-state index contributed by atoms with van der Waals surface area (Å²) < 4.78 is 2.31. The second-order valence-electron chi connectivity index (χ2n) is 5.57. The van der Waals surface area contributed by atoms with Crippen LogP contribution in [-0.4, -0.2) is 16.8 Å². The molecule has 0 aromatic carbocycles. The molecule has 1 fully saturated rings. The van der Waals surface area contributed by atoms with Crippen molar-refractivity contribution in [1.29, 1.82) is 0 Å². The first kappa shape index (κ1) is 13.6. The normalized spacial score (nSPS) is 19.1. The predicted molar refractivity (Wildman–Crippen MR) is 75.9 cm³/mol. The molecular formula is C15H27N3. The quantitative estimate of drug-likeness (QED) is 0.882. The third kappa shape index (κ3) is 2.46. The standard InChI is InChI=1S/C15H27N3/c1-5-14(16-4)15-11(2)17-18(12(15)3)13-9-7-6-8-10-13/h13-14,16H,5-10H2,1-4H3. The largest absolute Gasteiger partial charge is 0.313 e. The molecule has 0 saturated heterocycles. The second kappa shape index (κ2) is 5.87. The molecule has 1 aliphatic rings. The molecule has 1 heterocycles. The van der Waals surface area contributed by atoms with Crippen LogP contribution in [0.5, 0.6) is 0 Å². The summed E-state index contributed by atoms with van der Waals surface area (Å²) in [5.74, 6) is 0. The van der Waals surface area contributed by atoms with Crippen molar-refractivity contribution in [2.75, 3.05) is 7.05 Å². The molecule has 3 nitrogen and oxygen atoms in total. The highest BCUT2D eigenvalue weighted by Crippen LogP contribution is 2.32. The van der Waals surface area contributed by atoms with Gasteiger partial charge >= 0.3 is 0 Å². The molecule has 0 radical (unpaired) electrons. The van der Waals surface area contributed by atoms with Crippen LogP contribution in [0.1, 0.15) is 74.5 Å². The van der Waals surface area contributed by atoms with Crippen LogP contribution in [0, 0.1) is 13.8 Å². The smallest absolute Gasteiger partial charge is 0.0644 e. The Labute approximate surface area is 111 Å². The Kier molecular flexibility index (Phi) is 4.44. The van der Waals surface area contributed by atoms with Gasteiger partial charge in [-0.1, -0.05) is 26.2 Å². The van der Waals surface area contributed by atoms with Gasteiger partial charge in [-0.3, -0.25) is 4.68 Å². The van der Waals surface area contributed by atoms with Crippen LogP contribution in [-0.2, 0) is 0 Å². The molecule has 1 saturated carbocycles. The summed E-state index contributed by atoms with van der Waals surface area (Å²) in [7, 11) is 2.05. The van der Waals surface area contributed by atoms with Gasteiger partial charge in [-0.05, 0) is 40.2 Å². The maximum atomic E-state index is 4.83. The molecule has 1 aliphatic carbocycles. The lowest BCUT2D eigenvalue weighted by Gasteiger charge is -2.24. The molecule has 1 aromatic rings. The van der Waals surface area contributed by atoms with Crippen molar-refractivity contribution in [2.45, 2.75) is 71.4 Å². The average molecular weight is 249 g/mol. The molecule has 0 bridgehead atoms. The number of rotatable bonds is 4. The molecule has 102 valence electrons. The summed E-state index contributed by atoms with van der Waals surface area (Å²) in [6.45, 7) is 6.63. The number of aromatic nitrogens is 2. The third-order valence-electron chi connectivity index (χ3n) is 4.41. The van der Waals surface area contributed by atoms with Crippen LogP contribution in [0.4, 0.5) is 0 Å². The van der Waals surface area contributed by atoms with Crippen molar-refractivity contribution in [1.82, 2.24) is 15.1 Å². The lowest BCUT2D eigenvalue weighted by Crippen LogP contribution is -2.18. The van der Waals surface area contributed by atoms with E-state index < -0.39 is 0 Å². The zero-order chi connectivity index (χ0) is 13.1. The van der Waals surface area contributed by atoms with E-state index in [0.29, 0.717) is 12.1 Å². The molecule has 0 spiro atoms. The van der Waals surface area contributed by atoms with Gasteiger partial charge in [-0.15, -0.1) is 0 Å². The van der Waals surface area contributed by atoms with E-state index in [4.69, 9.17) is 5.10 Å². The minimum absolute atomic E-state index is 0.447. The fraction of sp³-hybridized carbons (Fsp3) is 0.800. The van der Waals surface area contributed by atoms with Gasteiger partial charge in [-0.25, -0.2) is 0 Å².